The lowest BCUT2D eigenvalue weighted by Crippen LogP contribution is -2.37. The molecule has 0 radical (unpaired) electrons. The summed E-state index contributed by atoms with van der Waals surface area (Å²) < 4.78 is 27.4. The zero-order chi connectivity index (χ0) is 15.4. The maximum Gasteiger partial charge on any atom is 0.260 e. The molecular weight excluding hydrogens is 274 g/mol. The smallest absolute Gasteiger partial charge is 0.260 e. The maximum absolute atomic E-state index is 12.4. The number of nitrogens with one attached hydrogen (secondary N) is 2. The van der Waals surface area contributed by atoms with Crippen LogP contribution in [0.4, 0.5) is 5.69 Å². The Hall–Kier alpha value is -1.14. The van der Waals surface area contributed by atoms with Crippen molar-refractivity contribution in [1.82, 2.24) is 9.71 Å². The first-order valence-corrected chi connectivity index (χ1v) is 8.37. The van der Waals surface area contributed by atoms with Gasteiger partial charge in [-0.15, -0.1) is 0 Å². The second-order valence-corrected chi connectivity index (χ2v) is 7.54. The van der Waals surface area contributed by atoms with Crippen molar-refractivity contribution in [3.05, 3.63) is 18.3 Å². The summed E-state index contributed by atoms with van der Waals surface area (Å²) in [5.74, 6) is 0.377. The van der Waals surface area contributed by atoms with Gasteiger partial charge in [0.2, 0.25) is 0 Å². The normalized spacial score (nSPS) is 12.7. The number of pyridine rings is 1. The Bertz CT molecular complexity index is 539. The summed E-state index contributed by atoms with van der Waals surface area (Å²) in [6.07, 6.45) is 1.49. The van der Waals surface area contributed by atoms with Gasteiger partial charge < -0.3 is 5.32 Å². The van der Waals surface area contributed by atoms with Crippen molar-refractivity contribution in [3.63, 3.8) is 0 Å². The van der Waals surface area contributed by atoms with Gasteiger partial charge in [-0.05, 0) is 30.4 Å². The van der Waals surface area contributed by atoms with Crippen molar-refractivity contribution in [1.29, 1.82) is 0 Å². The van der Waals surface area contributed by atoms with E-state index in [1.165, 1.54) is 6.20 Å². The minimum atomic E-state index is -3.60. The Kier molecular flexibility index (Phi) is 5.53. The highest BCUT2D eigenvalue weighted by molar-refractivity contribution is 7.89. The fourth-order valence-electron chi connectivity index (χ4n) is 1.48. The number of sulfonamides is 1. The Morgan fingerprint density at radius 3 is 2.55 bits per heavy atom. The summed E-state index contributed by atoms with van der Waals surface area (Å²) in [6, 6.07) is 3.44. The van der Waals surface area contributed by atoms with Crippen molar-refractivity contribution in [2.75, 3.05) is 18.4 Å². The highest BCUT2D eigenvalue weighted by Crippen LogP contribution is 2.26. The number of anilines is 1. The van der Waals surface area contributed by atoms with Gasteiger partial charge in [-0.1, -0.05) is 27.7 Å². The van der Waals surface area contributed by atoms with Crippen LogP contribution in [0.1, 0.15) is 34.6 Å². The van der Waals surface area contributed by atoms with Gasteiger partial charge in [-0.2, -0.15) is 0 Å². The predicted molar refractivity (Wildman–Crippen MR) is 82.2 cm³/mol. The molecule has 0 saturated carbocycles. The Balaban J connectivity index is 2.95. The van der Waals surface area contributed by atoms with E-state index < -0.39 is 10.0 Å². The van der Waals surface area contributed by atoms with Gasteiger partial charge in [0.15, 0.2) is 5.03 Å². The minimum absolute atomic E-state index is 0.0569. The van der Waals surface area contributed by atoms with Crippen LogP contribution in [0, 0.1) is 11.3 Å². The van der Waals surface area contributed by atoms with Crippen molar-refractivity contribution in [2.24, 2.45) is 11.3 Å². The van der Waals surface area contributed by atoms with Crippen LogP contribution in [0.15, 0.2) is 23.4 Å². The standard InChI is InChI=1S/C14H25N3O2S/c1-6-15-12-8-7-9-16-13(12)20(18,19)17-10-14(4,5)11(2)3/h7-9,11,15,17H,6,10H2,1-5H3. The summed E-state index contributed by atoms with van der Waals surface area (Å²) in [4.78, 5) is 4.00. The fraction of sp³-hybridized carbons (Fsp3) is 0.643. The summed E-state index contributed by atoms with van der Waals surface area (Å²) in [5, 5.41) is 3.08. The molecule has 0 aliphatic rings. The number of hydrogen-bond acceptors (Lipinski definition) is 4. The molecule has 0 fully saturated rings. The topological polar surface area (TPSA) is 71.1 Å². The van der Waals surface area contributed by atoms with Crippen molar-refractivity contribution < 1.29 is 8.42 Å². The van der Waals surface area contributed by atoms with Crippen molar-refractivity contribution in [2.45, 2.75) is 39.6 Å². The highest BCUT2D eigenvalue weighted by Gasteiger charge is 2.27. The summed E-state index contributed by atoms with van der Waals surface area (Å²) in [6.45, 7) is 11.2. The molecule has 5 nitrogen and oxygen atoms in total. The first kappa shape index (κ1) is 16.9. The SMILES string of the molecule is CCNc1cccnc1S(=O)(=O)NCC(C)(C)C(C)C. The molecule has 2 N–H and O–H groups in total. The van der Waals surface area contributed by atoms with Gasteiger partial charge in [-0.3, -0.25) is 0 Å². The zero-order valence-corrected chi connectivity index (χ0v) is 13.7. The molecule has 0 aliphatic heterocycles. The molecule has 0 spiro atoms. The number of hydrogen-bond donors (Lipinski definition) is 2. The molecule has 6 heteroatoms. The first-order valence-electron chi connectivity index (χ1n) is 6.89. The van der Waals surface area contributed by atoms with Crippen molar-refractivity contribution >= 4 is 15.7 Å². The maximum atomic E-state index is 12.4. The molecule has 1 aromatic rings. The molecule has 114 valence electrons. The summed E-state index contributed by atoms with van der Waals surface area (Å²) in [7, 11) is -3.60. The molecule has 0 aromatic carbocycles. The van der Waals surface area contributed by atoms with Crippen LogP contribution in [0.2, 0.25) is 0 Å². The van der Waals surface area contributed by atoms with Gasteiger partial charge in [0.25, 0.3) is 10.0 Å². The largest absolute Gasteiger partial charge is 0.383 e. The van der Waals surface area contributed by atoms with Crippen LogP contribution in [-0.4, -0.2) is 26.5 Å². The summed E-state index contributed by atoms with van der Waals surface area (Å²) in [5.41, 5.74) is 0.421. The molecule has 0 saturated heterocycles. The number of aromatic nitrogens is 1. The van der Waals surface area contributed by atoms with Crippen molar-refractivity contribution in [3.8, 4) is 0 Å². The van der Waals surface area contributed by atoms with E-state index >= 15 is 0 Å². The van der Waals surface area contributed by atoms with Crippen LogP contribution in [0.5, 0.6) is 0 Å². The Morgan fingerprint density at radius 1 is 1.35 bits per heavy atom. The molecule has 0 unspecified atom stereocenters. The molecule has 0 atom stereocenters. The predicted octanol–water partition coefficient (Wildman–Crippen LogP) is 2.47. The molecule has 1 heterocycles. The van der Waals surface area contributed by atoms with Crippen LogP contribution < -0.4 is 10.0 Å². The second-order valence-electron chi connectivity index (χ2n) is 5.85. The minimum Gasteiger partial charge on any atom is -0.383 e. The highest BCUT2D eigenvalue weighted by atomic mass is 32.2. The number of rotatable bonds is 7. The molecular formula is C14H25N3O2S. The first-order chi connectivity index (χ1) is 9.20. The van der Waals surface area contributed by atoms with E-state index in [1.807, 2.05) is 20.8 Å². The van der Waals surface area contributed by atoms with Gasteiger partial charge >= 0.3 is 0 Å². The van der Waals surface area contributed by atoms with Crippen LogP contribution in [0.25, 0.3) is 0 Å². The molecule has 20 heavy (non-hydrogen) atoms. The second kappa shape index (κ2) is 6.54. The molecule has 1 rings (SSSR count). The van der Waals surface area contributed by atoms with Crippen LogP contribution >= 0.6 is 0 Å². The monoisotopic (exact) mass is 299 g/mol. The average Bonchev–Trinajstić information content (AvgIpc) is 2.37. The van der Waals surface area contributed by atoms with Crippen LogP contribution in [0.3, 0.4) is 0 Å². The zero-order valence-electron chi connectivity index (χ0n) is 12.9. The Morgan fingerprint density at radius 2 is 2.00 bits per heavy atom. The fourth-order valence-corrected chi connectivity index (χ4v) is 2.81. The lowest BCUT2D eigenvalue weighted by atomic mass is 9.81. The summed E-state index contributed by atoms with van der Waals surface area (Å²) >= 11 is 0. The Labute approximate surface area is 122 Å². The molecule has 0 bridgehead atoms. The van der Waals surface area contributed by atoms with Gasteiger partial charge in [0, 0.05) is 19.3 Å². The van der Waals surface area contributed by atoms with Gasteiger partial charge in [0.05, 0.1) is 5.69 Å². The van der Waals surface area contributed by atoms with E-state index in [2.05, 4.69) is 28.9 Å². The van der Waals surface area contributed by atoms with Crippen LogP contribution in [-0.2, 0) is 10.0 Å². The molecule has 1 aromatic heterocycles. The van der Waals surface area contributed by atoms with E-state index in [1.54, 1.807) is 12.1 Å². The quantitative estimate of drug-likeness (QED) is 0.811. The third-order valence-corrected chi connectivity index (χ3v) is 5.03. The molecule has 0 aliphatic carbocycles. The van der Waals surface area contributed by atoms with Gasteiger partial charge in [0.1, 0.15) is 0 Å². The third kappa shape index (κ3) is 4.18. The number of nitrogens with zero attached hydrogens (tertiary/aromatic N) is 1. The third-order valence-electron chi connectivity index (χ3n) is 3.67. The molecule has 0 amide bonds. The van der Waals surface area contributed by atoms with E-state index in [0.717, 1.165) is 0 Å². The van der Waals surface area contributed by atoms with Gasteiger partial charge in [-0.25, -0.2) is 18.1 Å². The lowest BCUT2D eigenvalue weighted by Gasteiger charge is -2.29. The van der Waals surface area contributed by atoms with E-state index in [0.29, 0.717) is 24.7 Å². The van der Waals surface area contributed by atoms with E-state index in [9.17, 15) is 8.42 Å². The van der Waals surface area contributed by atoms with E-state index in [-0.39, 0.29) is 10.4 Å². The van der Waals surface area contributed by atoms with E-state index in [4.69, 9.17) is 0 Å². The average molecular weight is 299 g/mol. The lowest BCUT2D eigenvalue weighted by molar-refractivity contribution is 0.252.